The SMILES string of the molecule is COc1cc(N)ccc1OCc1c(F)cccc1F. The Bertz CT molecular complexity index is 567. The van der Waals surface area contributed by atoms with E-state index in [2.05, 4.69) is 0 Å². The van der Waals surface area contributed by atoms with Crippen LogP contribution in [0.15, 0.2) is 36.4 Å². The van der Waals surface area contributed by atoms with Gasteiger partial charge in [0.05, 0.1) is 12.7 Å². The number of hydrogen-bond donors (Lipinski definition) is 1. The lowest BCUT2D eigenvalue weighted by Crippen LogP contribution is -2.03. The van der Waals surface area contributed by atoms with E-state index in [4.69, 9.17) is 15.2 Å². The molecule has 19 heavy (non-hydrogen) atoms. The zero-order valence-electron chi connectivity index (χ0n) is 10.3. The number of ether oxygens (including phenoxy) is 2. The third-order valence-corrected chi connectivity index (χ3v) is 2.62. The van der Waals surface area contributed by atoms with Crippen LogP contribution in [-0.4, -0.2) is 7.11 Å². The molecule has 0 saturated heterocycles. The van der Waals surface area contributed by atoms with Crippen molar-refractivity contribution in [3.05, 3.63) is 53.6 Å². The number of methoxy groups -OCH3 is 1. The summed E-state index contributed by atoms with van der Waals surface area (Å²) in [5, 5.41) is 0. The number of halogens is 2. The molecule has 0 bridgehead atoms. The van der Waals surface area contributed by atoms with E-state index in [1.54, 1.807) is 18.2 Å². The standard InChI is InChI=1S/C14H13F2NO2/c1-18-14-7-9(17)5-6-13(14)19-8-10-11(15)3-2-4-12(10)16/h2-7H,8,17H2,1H3. The van der Waals surface area contributed by atoms with Crippen LogP contribution < -0.4 is 15.2 Å². The zero-order valence-corrected chi connectivity index (χ0v) is 10.3. The van der Waals surface area contributed by atoms with Crippen LogP contribution in [0.1, 0.15) is 5.56 Å². The Labute approximate surface area is 109 Å². The molecule has 0 aliphatic heterocycles. The van der Waals surface area contributed by atoms with Gasteiger partial charge in [0.1, 0.15) is 18.2 Å². The van der Waals surface area contributed by atoms with E-state index in [1.807, 2.05) is 0 Å². The normalized spacial score (nSPS) is 10.3. The molecule has 2 N–H and O–H groups in total. The van der Waals surface area contributed by atoms with Crippen molar-refractivity contribution in [3.63, 3.8) is 0 Å². The fourth-order valence-corrected chi connectivity index (χ4v) is 1.62. The Morgan fingerprint density at radius 3 is 2.37 bits per heavy atom. The largest absolute Gasteiger partial charge is 0.493 e. The Kier molecular flexibility index (Phi) is 3.85. The predicted molar refractivity (Wildman–Crippen MR) is 68.1 cm³/mol. The maximum absolute atomic E-state index is 13.4. The molecule has 0 aliphatic rings. The van der Waals surface area contributed by atoms with Gasteiger partial charge < -0.3 is 15.2 Å². The Morgan fingerprint density at radius 1 is 1.05 bits per heavy atom. The number of rotatable bonds is 4. The van der Waals surface area contributed by atoms with Gasteiger partial charge in [-0.3, -0.25) is 0 Å². The highest BCUT2D eigenvalue weighted by Gasteiger charge is 2.11. The Morgan fingerprint density at radius 2 is 1.74 bits per heavy atom. The summed E-state index contributed by atoms with van der Waals surface area (Å²) in [6.07, 6.45) is 0. The third-order valence-electron chi connectivity index (χ3n) is 2.62. The molecule has 0 atom stereocenters. The average Bonchev–Trinajstić information content (AvgIpc) is 2.39. The van der Waals surface area contributed by atoms with Gasteiger partial charge in [-0.1, -0.05) is 6.07 Å². The molecule has 0 fully saturated rings. The molecular weight excluding hydrogens is 252 g/mol. The maximum atomic E-state index is 13.4. The zero-order chi connectivity index (χ0) is 13.8. The molecule has 5 heteroatoms. The molecule has 2 aromatic rings. The summed E-state index contributed by atoms with van der Waals surface area (Å²) in [6.45, 7) is -0.223. The summed E-state index contributed by atoms with van der Waals surface area (Å²) in [6, 6.07) is 8.46. The number of benzene rings is 2. The van der Waals surface area contributed by atoms with Gasteiger partial charge in [0, 0.05) is 11.8 Å². The van der Waals surface area contributed by atoms with E-state index in [-0.39, 0.29) is 12.2 Å². The van der Waals surface area contributed by atoms with Crippen LogP contribution in [0.25, 0.3) is 0 Å². The van der Waals surface area contributed by atoms with Crippen molar-refractivity contribution in [2.24, 2.45) is 0 Å². The number of nitrogens with two attached hydrogens (primary N) is 1. The summed E-state index contributed by atoms with van der Waals surface area (Å²) in [4.78, 5) is 0. The quantitative estimate of drug-likeness (QED) is 0.864. The molecule has 0 heterocycles. The molecule has 0 radical (unpaired) electrons. The van der Waals surface area contributed by atoms with Gasteiger partial charge in [0.25, 0.3) is 0 Å². The molecule has 2 rings (SSSR count). The van der Waals surface area contributed by atoms with Crippen molar-refractivity contribution < 1.29 is 18.3 Å². The minimum atomic E-state index is -0.644. The molecule has 0 unspecified atom stereocenters. The first-order chi connectivity index (χ1) is 9.11. The molecule has 0 aliphatic carbocycles. The molecule has 0 aromatic heterocycles. The number of nitrogen functional groups attached to an aromatic ring is 1. The highest BCUT2D eigenvalue weighted by molar-refractivity contribution is 5.51. The first-order valence-corrected chi connectivity index (χ1v) is 5.61. The van der Waals surface area contributed by atoms with Crippen molar-refractivity contribution in [1.82, 2.24) is 0 Å². The summed E-state index contributed by atoms with van der Waals surface area (Å²) in [5.74, 6) is -0.500. The summed E-state index contributed by atoms with van der Waals surface area (Å²) in [5.41, 5.74) is 5.99. The summed E-state index contributed by atoms with van der Waals surface area (Å²) in [7, 11) is 1.46. The number of anilines is 1. The lowest BCUT2D eigenvalue weighted by Gasteiger charge is -2.12. The Hall–Kier alpha value is -2.30. The van der Waals surface area contributed by atoms with Gasteiger partial charge in [0.2, 0.25) is 0 Å². The molecule has 3 nitrogen and oxygen atoms in total. The van der Waals surface area contributed by atoms with Gasteiger partial charge in [-0.05, 0) is 24.3 Å². The van der Waals surface area contributed by atoms with E-state index in [0.29, 0.717) is 17.2 Å². The first kappa shape index (κ1) is 13.1. The van der Waals surface area contributed by atoms with Crippen molar-refractivity contribution in [1.29, 1.82) is 0 Å². The van der Waals surface area contributed by atoms with Gasteiger partial charge >= 0.3 is 0 Å². The summed E-state index contributed by atoms with van der Waals surface area (Å²) < 4.78 is 37.3. The van der Waals surface area contributed by atoms with Gasteiger partial charge in [-0.15, -0.1) is 0 Å². The fourth-order valence-electron chi connectivity index (χ4n) is 1.62. The van der Waals surface area contributed by atoms with Crippen LogP contribution in [0.4, 0.5) is 14.5 Å². The molecule has 0 amide bonds. The van der Waals surface area contributed by atoms with E-state index in [9.17, 15) is 8.78 Å². The van der Waals surface area contributed by atoms with Gasteiger partial charge in [-0.25, -0.2) is 8.78 Å². The maximum Gasteiger partial charge on any atom is 0.162 e. The topological polar surface area (TPSA) is 44.5 Å². The second-order valence-corrected chi connectivity index (χ2v) is 3.90. The van der Waals surface area contributed by atoms with E-state index in [0.717, 1.165) is 0 Å². The second kappa shape index (κ2) is 5.56. The Balaban J connectivity index is 2.19. The lowest BCUT2D eigenvalue weighted by atomic mass is 10.2. The molecule has 2 aromatic carbocycles. The minimum absolute atomic E-state index is 0.124. The first-order valence-electron chi connectivity index (χ1n) is 5.61. The highest BCUT2D eigenvalue weighted by atomic mass is 19.1. The van der Waals surface area contributed by atoms with Crippen molar-refractivity contribution in [2.75, 3.05) is 12.8 Å². The molecule has 0 spiro atoms. The van der Waals surface area contributed by atoms with Crippen LogP contribution in [0.2, 0.25) is 0 Å². The van der Waals surface area contributed by atoms with Gasteiger partial charge in [0.15, 0.2) is 11.5 Å². The highest BCUT2D eigenvalue weighted by Crippen LogP contribution is 2.30. The van der Waals surface area contributed by atoms with Crippen molar-refractivity contribution in [2.45, 2.75) is 6.61 Å². The van der Waals surface area contributed by atoms with E-state index >= 15 is 0 Å². The summed E-state index contributed by atoms with van der Waals surface area (Å²) >= 11 is 0. The predicted octanol–water partition coefficient (Wildman–Crippen LogP) is 3.13. The van der Waals surface area contributed by atoms with Crippen LogP contribution in [0.5, 0.6) is 11.5 Å². The van der Waals surface area contributed by atoms with Crippen LogP contribution in [-0.2, 0) is 6.61 Å². The van der Waals surface area contributed by atoms with E-state index in [1.165, 1.54) is 25.3 Å². The van der Waals surface area contributed by atoms with Crippen LogP contribution in [0, 0.1) is 11.6 Å². The molecular formula is C14H13F2NO2. The molecule has 0 saturated carbocycles. The smallest absolute Gasteiger partial charge is 0.162 e. The van der Waals surface area contributed by atoms with Gasteiger partial charge in [-0.2, -0.15) is 0 Å². The van der Waals surface area contributed by atoms with Crippen LogP contribution >= 0.6 is 0 Å². The number of hydrogen-bond acceptors (Lipinski definition) is 3. The minimum Gasteiger partial charge on any atom is -0.493 e. The van der Waals surface area contributed by atoms with E-state index < -0.39 is 11.6 Å². The van der Waals surface area contributed by atoms with Crippen molar-refractivity contribution in [3.8, 4) is 11.5 Å². The fraction of sp³-hybridized carbons (Fsp3) is 0.143. The molecule has 100 valence electrons. The average molecular weight is 265 g/mol. The third kappa shape index (κ3) is 2.93. The lowest BCUT2D eigenvalue weighted by molar-refractivity contribution is 0.274. The second-order valence-electron chi connectivity index (χ2n) is 3.90. The van der Waals surface area contributed by atoms with Crippen molar-refractivity contribution >= 4 is 5.69 Å². The monoisotopic (exact) mass is 265 g/mol. The van der Waals surface area contributed by atoms with Crippen LogP contribution in [0.3, 0.4) is 0 Å².